The Morgan fingerprint density at radius 2 is 1.48 bits per heavy atom. The Bertz CT molecular complexity index is 842. The van der Waals surface area contributed by atoms with Gasteiger partial charge in [0.1, 0.15) is 0 Å². The zero-order chi connectivity index (χ0) is 19.4. The highest BCUT2D eigenvalue weighted by molar-refractivity contribution is 6.02. The highest BCUT2D eigenvalue weighted by Crippen LogP contribution is 2.48. The van der Waals surface area contributed by atoms with Crippen LogP contribution in [0.4, 0.5) is 0 Å². The van der Waals surface area contributed by atoms with Crippen molar-refractivity contribution >= 4 is 17.9 Å². The topological polar surface area (TPSA) is 78.9 Å². The summed E-state index contributed by atoms with van der Waals surface area (Å²) < 4.78 is 16.1. The Kier molecular flexibility index (Phi) is 5.26. The van der Waals surface area contributed by atoms with Crippen molar-refractivity contribution in [1.29, 1.82) is 0 Å². The van der Waals surface area contributed by atoms with Crippen LogP contribution in [0.1, 0.15) is 35.3 Å². The molecule has 2 aromatic rings. The molecule has 0 saturated heterocycles. The van der Waals surface area contributed by atoms with Gasteiger partial charge in [0, 0.05) is 11.1 Å². The quantitative estimate of drug-likeness (QED) is 0.443. The van der Waals surface area contributed by atoms with Crippen molar-refractivity contribution in [2.75, 3.05) is 13.2 Å². The molecule has 6 nitrogen and oxygen atoms in total. The number of carbonyl (C=O) groups excluding carboxylic acids is 3. The van der Waals surface area contributed by atoms with Crippen LogP contribution in [-0.2, 0) is 29.4 Å². The number of carbonyl (C=O) groups is 3. The summed E-state index contributed by atoms with van der Waals surface area (Å²) >= 11 is 0. The lowest BCUT2D eigenvalue weighted by atomic mass is 9.75. The Balaban J connectivity index is 2.28. The standard InChI is InChI=1S/C21H20O6/c1-3-25-19(23)17(20(24)26-4-2)21(14-10-6-5-7-11-14)16-13-9-8-12-15(16)18(22)27-21/h5-13,17H,3-4H2,1-2H3/t21-/m0/s1. The summed E-state index contributed by atoms with van der Waals surface area (Å²) in [5, 5.41) is 0. The largest absolute Gasteiger partial charge is 0.465 e. The number of rotatable bonds is 6. The van der Waals surface area contributed by atoms with Crippen LogP contribution in [0.3, 0.4) is 0 Å². The Morgan fingerprint density at radius 3 is 2.07 bits per heavy atom. The highest BCUT2D eigenvalue weighted by Gasteiger charge is 2.59. The third kappa shape index (κ3) is 3.07. The van der Waals surface area contributed by atoms with Crippen LogP contribution in [-0.4, -0.2) is 31.1 Å². The molecule has 0 aliphatic carbocycles. The second-order valence-corrected chi connectivity index (χ2v) is 5.97. The van der Waals surface area contributed by atoms with Gasteiger partial charge in [0.25, 0.3) is 0 Å². The number of cyclic esters (lactones) is 1. The molecule has 0 spiro atoms. The predicted molar refractivity (Wildman–Crippen MR) is 95.8 cm³/mol. The zero-order valence-corrected chi connectivity index (χ0v) is 15.1. The van der Waals surface area contributed by atoms with Crippen molar-refractivity contribution < 1.29 is 28.6 Å². The molecular weight excluding hydrogens is 348 g/mol. The molecule has 0 bridgehead atoms. The smallest absolute Gasteiger partial charge is 0.339 e. The van der Waals surface area contributed by atoms with E-state index < -0.39 is 29.4 Å². The van der Waals surface area contributed by atoms with Crippen molar-refractivity contribution in [3.63, 3.8) is 0 Å². The van der Waals surface area contributed by atoms with Gasteiger partial charge in [-0.3, -0.25) is 9.59 Å². The SMILES string of the molecule is CCOC(=O)C(C(=O)OCC)[C@@]1(c2ccccc2)OC(=O)c2ccccc21. The van der Waals surface area contributed by atoms with Gasteiger partial charge in [-0.2, -0.15) is 0 Å². The van der Waals surface area contributed by atoms with E-state index in [0.717, 1.165) is 0 Å². The normalized spacial score (nSPS) is 18.0. The fourth-order valence-electron chi connectivity index (χ4n) is 3.40. The van der Waals surface area contributed by atoms with Gasteiger partial charge in [0.15, 0.2) is 5.60 Å². The van der Waals surface area contributed by atoms with Crippen molar-refractivity contribution in [3.8, 4) is 0 Å². The van der Waals surface area contributed by atoms with Crippen LogP contribution >= 0.6 is 0 Å². The summed E-state index contributed by atoms with van der Waals surface area (Å²) in [5.41, 5.74) is -0.408. The first-order valence-corrected chi connectivity index (χ1v) is 8.77. The van der Waals surface area contributed by atoms with Crippen molar-refractivity contribution in [1.82, 2.24) is 0 Å². The van der Waals surface area contributed by atoms with E-state index >= 15 is 0 Å². The first-order valence-electron chi connectivity index (χ1n) is 8.77. The molecule has 0 aromatic heterocycles. The zero-order valence-electron chi connectivity index (χ0n) is 15.1. The van der Waals surface area contributed by atoms with Gasteiger partial charge in [-0.05, 0) is 19.9 Å². The molecule has 1 aliphatic heterocycles. The molecule has 0 N–H and O–H groups in total. The molecule has 0 unspecified atom stereocenters. The van der Waals surface area contributed by atoms with E-state index in [1.165, 1.54) is 0 Å². The van der Waals surface area contributed by atoms with E-state index in [1.807, 2.05) is 0 Å². The molecule has 140 valence electrons. The molecular formula is C21H20O6. The predicted octanol–water partition coefficient (Wildman–Crippen LogP) is 2.84. The Morgan fingerprint density at radius 1 is 0.926 bits per heavy atom. The number of hydrogen-bond donors (Lipinski definition) is 0. The average molecular weight is 368 g/mol. The van der Waals surface area contributed by atoms with Crippen molar-refractivity contribution in [2.24, 2.45) is 5.92 Å². The average Bonchev–Trinajstić information content (AvgIpc) is 2.97. The molecule has 6 heteroatoms. The summed E-state index contributed by atoms with van der Waals surface area (Å²) in [4.78, 5) is 38.2. The molecule has 0 fully saturated rings. The maximum atomic E-state index is 12.8. The third-order valence-electron chi connectivity index (χ3n) is 4.45. The summed E-state index contributed by atoms with van der Waals surface area (Å²) in [6.45, 7) is 3.44. The van der Waals surface area contributed by atoms with Crippen LogP contribution in [0, 0.1) is 5.92 Å². The second-order valence-electron chi connectivity index (χ2n) is 5.97. The minimum atomic E-state index is -1.65. The Hall–Kier alpha value is -3.15. The number of ether oxygens (including phenoxy) is 3. The van der Waals surface area contributed by atoms with Crippen LogP contribution in [0.5, 0.6) is 0 Å². The molecule has 0 amide bonds. The van der Waals surface area contributed by atoms with Gasteiger partial charge >= 0.3 is 17.9 Å². The van der Waals surface area contributed by atoms with Crippen LogP contribution in [0.25, 0.3) is 0 Å². The van der Waals surface area contributed by atoms with Crippen LogP contribution in [0.2, 0.25) is 0 Å². The maximum absolute atomic E-state index is 12.8. The maximum Gasteiger partial charge on any atom is 0.339 e. The van der Waals surface area contributed by atoms with Crippen molar-refractivity contribution in [2.45, 2.75) is 19.4 Å². The number of hydrogen-bond acceptors (Lipinski definition) is 6. The highest BCUT2D eigenvalue weighted by atomic mass is 16.6. The first kappa shape index (κ1) is 18.6. The van der Waals surface area contributed by atoms with Crippen LogP contribution < -0.4 is 0 Å². The van der Waals surface area contributed by atoms with Gasteiger partial charge in [-0.15, -0.1) is 0 Å². The van der Waals surface area contributed by atoms with E-state index in [2.05, 4.69) is 0 Å². The van der Waals surface area contributed by atoms with E-state index in [-0.39, 0.29) is 13.2 Å². The summed E-state index contributed by atoms with van der Waals surface area (Å²) in [6, 6.07) is 15.4. The number of fused-ring (bicyclic) bond motifs is 1. The van der Waals surface area contributed by atoms with Gasteiger partial charge < -0.3 is 14.2 Å². The summed E-state index contributed by atoms with van der Waals surface area (Å²) in [7, 11) is 0. The lowest BCUT2D eigenvalue weighted by molar-refractivity contribution is -0.172. The van der Waals surface area contributed by atoms with E-state index in [9.17, 15) is 14.4 Å². The Labute approximate surface area is 157 Å². The lowest BCUT2D eigenvalue weighted by Gasteiger charge is -2.34. The van der Waals surface area contributed by atoms with Crippen LogP contribution in [0.15, 0.2) is 54.6 Å². The van der Waals surface area contributed by atoms with Gasteiger partial charge in [0.2, 0.25) is 5.92 Å². The molecule has 0 radical (unpaired) electrons. The second kappa shape index (κ2) is 7.61. The monoisotopic (exact) mass is 368 g/mol. The summed E-state index contributed by atoms with van der Waals surface area (Å²) in [5.74, 6) is -3.69. The molecule has 1 heterocycles. The minimum absolute atomic E-state index is 0.0786. The van der Waals surface area contributed by atoms with Gasteiger partial charge in [0.05, 0.1) is 18.8 Å². The molecule has 1 atom stereocenters. The van der Waals surface area contributed by atoms with E-state index in [4.69, 9.17) is 14.2 Å². The van der Waals surface area contributed by atoms with Gasteiger partial charge in [-0.25, -0.2) is 4.79 Å². The van der Waals surface area contributed by atoms with Crippen molar-refractivity contribution in [3.05, 3.63) is 71.3 Å². The molecule has 3 rings (SSSR count). The lowest BCUT2D eigenvalue weighted by Crippen LogP contribution is -2.47. The molecule has 0 saturated carbocycles. The van der Waals surface area contributed by atoms with E-state index in [0.29, 0.717) is 16.7 Å². The first-order chi connectivity index (χ1) is 13.1. The number of esters is 3. The third-order valence-corrected chi connectivity index (χ3v) is 4.45. The number of benzene rings is 2. The fourth-order valence-corrected chi connectivity index (χ4v) is 3.40. The fraction of sp³-hybridized carbons (Fsp3) is 0.286. The van der Waals surface area contributed by atoms with E-state index in [1.54, 1.807) is 68.4 Å². The molecule has 2 aromatic carbocycles. The summed E-state index contributed by atoms with van der Waals surface area (Å²) in [6.07, 6.45) is 0. The van der Waals surface area contributed by atoms with Gasteiger partial charge in [-0.1, -0.05) is 48.5 Å². The molecule has 1 aliphatic rings. The molecule has 27 heavy (non-hydrogen) atoms. The minimum Gasteiger partial charge on any atom is -0.465 e.